The molecule has 1 aromatic heterocycles. The quantitative estimate of drug-likeness (QED) is 0.885. The third kappa shape index (κ3) is 2.64. The minimum atomic E-state index is -0.374. The number of carbonyl (C=O) groups is 1. The number of rotatable bonds is 5. The SMILES string of the molecule is COc1nsc(CNC(=O)C2(C(C)C)COC2)c1Br. The van der Waals surface area contributed by atoms with Crippen LogP contribution in [0.1, 0.15) is 18.7 Å². The van der Waals surface area contributed by atoms with Crippen molar-refractivity contribution in [2.45, 2.75) is 20.4 Å². The van der Waals surface area contributed by atoms with Gasteiger partial charge in [0, 0.05) is 0 Å². The maximum Gasteiger partial charge on any atom is 0.239 e. The van der Waals surface area contributed by atoms with Crippen LogP contribution in [0.5, 0.6) is 5.88 Å². The lowest BCUT2D eigenvalue weighted by Gasteiger charge is -2.43. The fourth-order valence-corrected chi connectivity index (χ4v) is 3.31. The van der Waals surface area contributed by atoms with Gasteiger partial charge in [-0.2, -0.15) is 4.37 Å². The zero-order chi connectivity index (χ0) is 14.0. The van der Waals surface area contributed by atoms with Crippen molar-refractivity contribution in [2.24, 2.45) is 11.3 Å². The summed E-state index contributed by atoms with van der Waals surface area (Å²) in [6, 6.07) is 0. The maximum atomic E-state index is 12.3. The normalized spacial score (nSPS) is 17.1. The van der Waals surface area contributed by atoms with E-state index >= 15 is 0 Å². The van der Waals surface area contributed by atoms with E-state index in [2.05, 4.69) is 25.6 Å². The van der Waals surface area contributed by atoms with Crippen molar-refractivity contribution >= 4 is 33.4 Å². The van der Waals surface area contributed by atoms with E-state index in [1.807, 2.05) is 13.8 Å². The second kappa shape index (κ2) is 5.76. The minimum absolute atomic E-state index is 0.0491. The number of hydrogen-bond acceptors (Lipinski definition) is 5. The van der Waals surface area contributed by atoms with Crippen LogP contribution in [0.3, 0.4) is 0 Å². The monoisotopic (exact) mass is 348 g/mol. The molecule has 0 bridgehead atoms. The molecule has 1 fully saturated rings. The van der Waals surface area contributed by atoms with Gasteiger partial charge < -0.3 is 14.8 Å². The Morgan fingerprint density at radius 1 is 1.63 bits per heavy atom. The van der Waals surface area contributed by atoms with Crippen molar-refractivity contribution in [3.05, 3.63) is 9.35 Å². The Morgan fingerprint density at radius 3 is 2.74 bits per heavy atom. The number of amides is 1. The molecule has 0 saturated carbocycles. The van der Waals surface area contributed by atoms with Gasteiger partial charge in [0.2, 0.25) is 11.8 Å². The highest BCUT2D eigenvalue weighted by Crippen LogP contribution is 2.36. The summed E-state index contributed by atoms with van der Waals surface area (Å²) in [7, 11) is 1.57. The molecule has 0 unspecified atom stereocenters. The molecule has 1 N–H and O–H groups in total. The van der Waals surface area contributed by atoms with E-state index in [1.165, 1.54) is 11.5 Å². The third-order valence-corrected chi connectivity index (χ3v) is 5.46. The topological polar surface area (TPSA) is 60.5 Å². The van der Waals surface area contributed by atoms with E-state index in [4.69, 9.17) is 9.47 Å². The number of nitrogens with zero attached hydrogens (tertiary/aromatic N) is 1. The van der Waals surface area contributed by atoms with Crippen molar-refractivity contribution < 1.29 is 14.3 Å². The summed E-state index contributed by atoms with van der Waals surface area (Å²) >= 11 is 4.74. The van der Waals surface area contributed by atoms with E-state index in [9.17, 15) is 4.79 Å². The zero-order valence-corrected chi connectivity index (χ0v) is 13.6. The summed E-state index contributed by atoms with van der Waals surface area (Å²) in [6.07, 6.45) is 0. The van der Waals surface area contributed by atoms with Gasteiger partial charge in [-0.1, -0.05) is 13.8 Å². The molecule has 1 aromatic rings. The predicted molar refractivity (Wildman–Crippen MR) is 76.3 cm³/mol. The van der Waals surface area contributed by atoms with Crippen LogP contribution in [0.2, 0.25) is 0 Å². The van der Waals surface area contributed by atoms with Crippen molar-refractivity contribution in [3.63, 3.8) is 0 Å². The lowest BCUT2D eigenvalue weighted by Crippen LogP contribution is -2.57. The van der Waals surface area contributed by atoms with Crippen LogP contribution < -0.4 is 10.1 Å². The first-order valence-electron chi connectivity index (χ1n) is 6.05. The van der Waals surface area contributed by atoms with Crippen molar-refractivity contribution in [3.8, 4) is 5.88 Å². The van der Waals surface area contributed by atoms with Gasteiger partial charge in [0.05, 0.1) is 41.6 Å². The van der Waals surface area contributed by atoms with Crippen LogP contribution >= 0.6 is 27.5 Å². The molecule has 5 nitrogen and oxygen atoms in total. The smallest absolute Gasteiger partial charge is 0.239 e. The van der Waals surface area contributed by atoms with Gasteiger partial charge in [0.25, 0.3) is 0 Å². The lowest BCUT2D eigenvalue weighted by molar-refractivity contribution is -0.171. The first-order valence-corrected chi connectivity index (χ1v) is 7.62. The third-order valence-electron chi connectivity index (χ3n) is 3.55. The highest BCUT2D eigenvalue weighted by Gasteiger charge is 2.48. The standard InChI is InChI=1S/C12H17BrN2O3S/c1-7(2)12(5-18-6-12)11(16)14-4-8-9(13)10(17-3)15-19-8/h7H,4-6H2,1-3H3,(H,14,16). The molecule has 1 aliphatic heterocycles. The van der Waals surface area contributed by atoms with Crippen LogP contribution in [0.15, 0.2) is 4.47 Å². The number of carbonyl (C=O) groups excluding carboxylic acids is 1. The molecule has 2 heterocycles. The summed E-state index contributed by atoms with van der Waals surface area (Å²) in [4.78, 5) is 13.2. The molecule has 1 amide bonds. The maximum absolute atomic E-state index is 12.3. The molecular formula is C12H17BrN2O3S. The minimum Gasteiger partial charge on any atom is -0.480 e. The Hall–Kier alpha value is -0.660. The second-order valence-corrected chi connectivity index (χ2v) is 6.57. The van der Waals surface area contributed by atoms with E-state index < -0.39 is 0 Å². The fraction of sp³-hybridized carbons (Fsp3) is 0.667. The number of methoxy groups -OCH3 is 1. The molecule has 1 saturated heterocycles. The Morgan fingerprint density at radius 2 is 2.32 bits per heavy atom. The second-order valence-electron chi connectivity index (χ2n) is 4.92. The Balaban J connectivity index is 1.98. The van der Waals surface area contributed by atoms with Crippen LogP contribution in [-0.2, 0) is 16.1 Å². The number of hydrogen-bond donors (Lipinski definition) is 1. The zero-order valence-electron chi connectivity index (χ0n) is 11.2. The van der Waals surface area contributed by atoms with Gasteiger partial charge in [-0.25, -0.2) is 0 Å². The van der Waals surface area contributed by atoms with Gasteiger partial charge >= 0.3 is 0 Å². The molecule has 7 heteroatoms. The molecule has 2 rings (SSSR count). The van der Waals surface area contributed by atoms with E-state index in [1.54, 1.807) is 7.11 Å². The number of nitrogens with one attached hydrogen (secondary N) is 1. The summed E-state index contributed by atoms with van der Waals surface area (Å²) in [5.41, 5.74) is -0.374. The van der Waals surface area contributed by atoms with Crippen LogP contribution in [-0.4, -0.2) is 30.6 Å². The van der Waals surface area contributed by atoms with E-state index in [0.29, 0.717) is 25.6 Å². The number of ether oxygens (including phenoxy) is 2. The summed E-state index contributed by atoms with van der Waals surface area (Å²) < 4.78 is 15.3. The Kier molecular flexibility index (Phi) is 4.47. The lowest BCUT2D eigenvalue weighted by atomic mass is 9.74. The first kappa shape index (κ1) is 14.7. The predicted octanol–water partition coefficient (Wildman–Crippen LogP) is 2.20. The van der Waals surface area contributed by atoms with Gasteiger partial charge in [0.1, 0.15) is 0 Å². The Bertz CT molecular complexity index is 472. The molecule has 0 atom stereocenters. The van der Waals surface area contributed by atoms with Gasteiger partial charge in [-0.15, -0.1) is 0 Å². The Labute approximate surface area is 125 Å². The highest BCUT2D eigenvalue weighted by molar-refractivity contribution is 9.10. The summed E-state index contributed by atoms with van der Waals surface area (Å²) in [5.74, 6) is 0.869. The van der Waals surface area contributed by atoms with Crippen molar-refractivity contribution in [1.82, 2.24) is 9.69 Å². The molecule has 0 radical (unpaired) electrons. The highest BCUT2D eigenvalue weighted by atomic mass is 79.9. The first-order chi connectivity index (χ1) is 9.01. The largest absolute Gasteiger partial charge is 0.480 e. The van der Waals surface area contributed by atoms with Crippen molar-refractivity contribution in [2.75, 3.05) is 20.3 Å². The molecule has 0 aliphatic carbocycles. The van der Waals surface area contributed by atoms with Crippen LogP contribution in [0, 0.1) is 11.3 Å². The van der Waals surface area contributed by atoms with Gasteiger partial charge in [0.15, 0.2) is 0 Å². The van der Waals surface area contributed by atoms with Crippen molar-refractivity contribution in [1.29, 1.82) is 0 Å². The van der Waals surface area contributed by atoms with E-state index in [0.717, 1.165) is 9.35 Å². The average Bonchev–Trinajstić information content (AvgIpc) is 2.65. The molecule has 0 aromatic carbocycles. The molecule has 106 valence electrons. The molecular weight excluding hydrogens is 332 g/mol. The average molecular weight is 349 g/mol. The van der Waals surface area contributed by atoms with Gasteiger partial charge in [-0.3, -0.25) is 4.79 Å². The fourth-order valence-electron chi connectivity index (χ4n) is 1.92. The van der Waals surface area contributed by atoms with Gasteiger partial charge in [-0.05, 0) is 33.4 Å². The van der Waals surface area contributed by atoms with Crippen LogP contribution in [0.25, 0.3) is 0 Å². The molecule has 19 heavy (non-hydrogen) atoms. The summed E-state index contributed by atoms with van der Waals surface area (Å²) in [6.45, 7) is 5.56. The van der Waals surface area contributed by atoms with Crippen LogP contribution in [0.4, 0.5) is 0 Å². The summed E-state index contributed by atoms with van der Waals surface area (Å²) in [5, 5.41) is 2.97. The van der Waals surface area contributed by atoms with E-state index in [-0.39, 0.29) is 17.2 Å². The molecule has 0 spiro atoms. The number of aromatic nitrogens is 1. The number of halogens is 1. The molecule has 1 aliphatic rings.